The van der Waals surface area contributed by atoms with Gasteiger partial charge < -0.3 is 19.5 Å². The average Bonchev–Trinajstić information content (AvgIpc) is 2.87. The van der Waals surface area contributed by atoms with E-state index < -0.39 is 4.92 Å². The summed E-state index contributed by atoms with van der Waals surface area (Å²) in [5, 5.41) is 14.9. The Labute approximate surface area is 228 Å². The Kier molecular flexibility index (Phi) is 7.95. The number of anilines is 1. The Morgan fingerprint density at radius 3 is 2.46 bits per heavy atom. The van der Waals surface area contributed by atoms with Gasteiger partial charge in [0.05, 0.1) is 23.6 Å². The number of allylic oxidation sites excluding steroid dienone is 1. The van der Waals surface area contributed by atoms with E-state index in [1.54, 1.807) is 25.3 Å². The van der Waals surface area contributed by atoms with Crippen molar-refractivity contribution in [3.05, 3.63) is 81.4 Å². The van der Waals surface area contributed by atoms with Gasteiger partial charge >= 0.3 is 5.97 Å². The number of nitrogens with zero attached hydrogens (tertiary/aromatic N) is 1. The van der Waals surface area contributed by atoms with Gasteiger partial charge in [-0.2, -0.15) is 0 Å². The standard InChI is InChI=1S/C31H34N2O6/c1-7-8-29(34)39-22-11-12-24(28(16-22)37-6)23-13-14-26-30(20(3)17-31(4,5)32-26)25(23)18-38-27-15-21(33(35)36)10-9-19(27)2/h9-17,32H,7-8,18H2,1-6H3. The molecule has 0 fully saturated rings. The summed E-state index contributed by atoms with van der Waals surface area (Å²) in [5.74, 6) is 1.12. The molecule has 3 aromatic rings. The van der Waals surface area contributed by atoms with Crippen LogP contribution in [0.4, 0.5) is 11.4 Å². The maximum atomic E-state index is 12.0. The summed E-state index contributed by atoms with van der Waals surface area (Å²) in [6, 6.07) is 14.0. The number of carbonyl (C=O) groups excluding carboxylic acids is 1. The van der Waals surface area contributed by atoms with Crippen LogP contribution in [0.1, 0.15) is 57.2 Å². The molecule has 4 rings (SSSR count). The van der Waals surface area contributed by atoms with Gasteiger partial charge in [0.15, 0.2) is 0 Å². The number of rotatable bonds is 9. The number of benzene rings is 3. The lowest BCUT2D eigenvalue weighted by Gasteiger charge is -2.33. The number of carbonyl (C=O) groups is 1. The van der Waals surface area contributed by atoms with Crippen molar-refractivity contribution in [3.8, 4) is 28.4 Å². The summed E-state index contributed by atoms with van der Waals surface area (Å²) < 4.78 is 17.5. The third-order valence-electron chi connectivity index (χ3n) is 6.64. The summed E-state index contributed by atoms with van der Waals surface area (Å²) in [5.41, 5.74) is 6.22. The minimum atomic E-state index is -0.430. The topological polar surface area (TPSA) is 99.9 Å². The second kappa shape index (κ2) is 11.2. The van der Waals surface area contributed by atoms with Crippen LogP contribution >= 0.6 is 0 Å². The molecule has 0 amide bonds. The van der Waals surface area contributed by atoms with E-state index in [9.17, 15) is 14.9 Å². The third-order valence-corrected chi connectivity index (χ3v) is 6.64. The lowest BCUT2D eigenvalue weighted by molar-refractivity contribution is -0.385. The molecule has 3 aromatic carbocycles. The second-order valence-corrected chi connectivity index (χ2v) is 10.3. The number of non-ortho nitro benzene ring substituents is 1. The molecule has 8 nitrogen and oxygen atoms in total. The van der Waals surface area contributed by atoms with Crippen molar-refractivity contribution < 1.29 is 23.9 Å². The minimum absolute atomic E-state index is 0.0275. The number of ether oxygens (including phenoxy) is 3. The van der Waals surface area contributed by atoms with Crippen molar-refractivity contribution >= 4 is 22.9 Å². The Morgan fingerprint density at radius 2 is 1.77 bits per heavy atom. The van der Waals surface area contributed by atoms with E-state index in [-0.39, 0.29) is 23.8 Å². The van der Waals surface area contributed by atoms with E-state index in [0.717, 1.165) is 39.1 Å². The van der Waals surface area contributed by atoms with Crippen LogP contribution in [0, 0.1) is 17.0 Å². The van der Waals surface area contributed by atoms with Gasteiger partial charge in [0, 0.05) is 40.9 Å². The Morgan fingerprint density at radius 1 is 1.03 bits per heavy atom. The van der Waals surface area contributed by atoms with Gasteiger partial charge in [0.25, 0.3) is 5.69 Å². The zero-order valence-corrected chi connectivity index (χ0v) is 23.2. The lowest BCUT2D eigenvalue weighted by atomic mass is 9.85. The van der Waals surface area contributed by atoms with Gasteiger partial charge in [-0.15, -0.1) is 0 Å². The first-order valence-electron chi connectivity index (χ1n) is 12.9. The lowest BCUT2D eigenvalue weighted by Crippen LogP contribution is -2.32. The highest BCUT2D eigenvalue weighted by atomic mass is 16.6. The molecule has 8 heteroatoms. The largest absolute Gasteiger partial charge is 0.496 e. The fraction of sp³-hybridized carbons (Fsp3) is 0.323. The number of nitrogens with one attached hydrogen (secondary N) is 1. The van der Waals surface area contributed by atoms with Gasteiger partial charge in [-0.25, -0.2) is 0 Å². The van der Waals surface area contributed by atoms with E-state index in [4.69, 9.17) is 14.2 Å². The first-order chi connectivity index (χ1) is 18.5. The van der Waals surface area contributed by atoms with Crippen LogP contribution in [0.15, 0.2) is 54.6 Å². The first-order valence-corrected chi connectivity index (χ1v) is 12.9. The van der Waals surface area contributed by atoms with Crippen LogP contribution in [-0.4, -0.2) is 23.5 Å². The molecular weight excluding hydrogens is 496 g/mol. The monoisotopic (exact) mass is 530 g/mol. The predicted octanol–water partition coefficient (Wildman–Crippen LogP) is 7.47. The molecule has 1 N–H and O–H groups in total. The van der Waals surface area contributed by atoms with Crippen LogP contribution in [0.2, 0.25) is 0 Å². The number of nitro groups is 1. The normalized spacial score (nSPS) is 13.5. The van der Waals surface area contributed by atoms with Gasteiger partial charge in [0.1, 0.15) is 23.9 Å². The molecule has 0 saturated carbocycles. The number of esters is 1. The van der Waals surface area contributed by atoms with Crippen molar-refractivity contribution in [3.63, 3.8) is 0 Å². The Hall–Kier alpha value is -4.33. The molecule has 0 spiro atoms. The maximum Gasteiger partial charge on any atom is 0.311 e. The fourth-order valence-corrected chi connectivity index (χ4v) is 4.95. The minimum Gasteiger partial charge on any atom is -0.496 e. The maximum absolute atomic E-state index is 12.0. The number of methoxy groups -OCH3 is 1. The molecule has 1 aliphatic heterocycles. The summed E-state index contributed by atoms with van der Waals surface area (Å²) in [6.07, 6.45) is 3.21. The van der Waals surface area contributed by atoms with Crippen LogP contribution in [0.25, 0.3) is 16.7 Å². The molecule has 0 unspecified atom stereocenters. The Balaban J connectivity index is 1.82. The van der Waals surface area contributed by atoms with E-state index >= 15 is 0 Å². The Bertz CT molecular complexity index is 1460. The van der Waals surface area contributed by atoms with Crippen molar-refractivity contribution in [2.45, 2.75) is 59.6 Å². The van der Waals surface area contributed by atoms with Crippen LogP contribution in [0.3, 0.4) is 0 Å². The van der Waals surface area contributed by atoms with Crippen molar-refractivity contribution in [1.82, 2.24) is 0 Å². The highest BCUT2D eigenvalue weighted by Gasteiger charge is 2.27. The van der Waals surface area contributed by atoms with Crippen LogP contribution in [0.5, 0.6) is 17.2 Å². The fourth-order valence-electron chi connectivity index (χ4n) is 4.95. The number of hydrogen-bond acceptors (Lipinski definition) is 7. The first kappa shape index (κ1) is 27.7. The molecule has 0 aromatic heterocycles. The second-order valence-electron chi connectivity index (χ2n) is 10.3. The van der Waals surface area contributed by atoms with Crippen molar-refractivity contribution in [2.24, 2.45) is 0 Å². The van der Waals surface area contributed by atoms with E-state index in [0.29, 0.717) is 30.1 Å². The van der Waals surface area contributed by atoms with Crippen LogP contribution < -0.4 is 19.5 Å². The number of hydrogen-bond donors (Lipinski definition) is 1. The number of fused-ring (bicyclic) bond motifs is 1. The zero-order chi connectivity index (χ0) is 28.3. The molecule has 0 bridgehead atoms. The predicted molar refractivity (Wildman–Crippen MR) is 152 cm³/mol. The highest BCUT2D eigenvalue weighted by Crippen LogP contribution is 2.43. The van der Waals surface area contributed by atoms with Crippen molar-refractivity contribution in [2.75, 3.05) is 12.4 Å². The molecule has 1 aliphatic rings. The number of aryl methyl sites for hydroxylation is 1. The molecule has 39 heavy (non-hydrogen) atoms. The molecule has 0 saturated heterocycles. The zero-order valence-electron chi connectivity index (χ0n) is 23.2. The van der Waals surface area contributed by atoms with Gasteiger partial charge in [0.2, 0.25) is 0 Å². The number of nitro benzene ring substituents is 1. The van der Waals surface area contributed by atoms with E-state index in [1.165, 1.54) is 12.1 Å². The average molecular weight is 531 g/mol. The summed E-state index contributed by atoms with van der Waals surface area (Å²) in [4.78, 5) is 23.0. The molecule has 0 atom stereocenters. The third kappa shape index (κ3) is 6.06. The SMILES string of the molecule is CCCC(=O)Oc1ccc(-c2ccc3c(c2COc2cc([N+](=O)[O-])ccc2C)C(C)=CC(C)(C)N3)c(OC)c1. The summed E-state index contributed by atoms with van der Waals surface area (Å²) in [6.45, 7) is 10.2. The molecular formula is C31H34N2O6. The molecule has 0 radical (unpaired) electrons. The summed E-state index contributed by atoms with van der Waals surface area (Å²) >= 11 is 0. The molecule has 1 heterocycles. The molecule has 204 valence electrons. The van der Waals surface area contributed by atoms with Crippen LogP contribution in [-0.2, 0) is 11.4 Å². The summed E-state index contributed by atoms with van der Waals surface area (Å²) in [7, 11) is 1.58. The van der Waals surface area contributed by atoms with Gasteiger partial charge in [-0.1, -0.05) is 19.1 Å². The smallest absolute Gasteiger partial charge is 0.311 e. The molecule has 0 aliphatic carbocycles. The van der Waals surface area contributed by atoms with Gasteiger partial charge in [-0.3, -0.25) is 14.9 Å². The van der Waals surface area contributed by atoms with E-state index in [2.05, 4.69) is 32.2 Å². The highest BCUT2D eigenvalue weighted by molar-refractivity contribution is 5.88. The quantitative estimate of drug-likeness (QED) is 0.133. The van der Waals surface area contributed by atoms with Gasteiger partial charge in [-0.05, 0) is 75.1 Å². The van der Waals surface area contributed by atoms with Crippen molar-refractivity contribution in [1.29, 1.82) is 0 Å². The van der Waals surface area contributed by atoms with E-state index in [1.807, 2.05) is 32.0 Å².